The molecule has 0 radical (unpaired) electrons. The number of nitrogens with zero attached hydrogens (tertiary/aromatic N) is 1. The number of likely N-dealkylation sites (tertiary alicyclic amines) is 1. The van der Waals surface area contributed by atoms with E-state index < -0.39 is 0 Å². The first kappa shape index (κ1) is 14.6. The lowest BCUT2D eigenvalue weighted by atomic mass is 9.95. The van der Waals surface area contributed by atoms with E-state index in [2.05, 4.69) is 27.4 Å². The molecule has 5 heteroatoms. The van der Waals surface area contributed by atoms with Gasteiger partial charge in [-0.15, -0.1) is 11.3 Å². The summed E-state index contributed by atoms with van der Waals surface area (Å²) in [6.07, 6.45) is 1.75. The highest BCUT2D eigenvalue weighted by Crippen LogP contribution is 2.34. The van der Waals surface area contributed by atoms with E-state index in [1.165, 1.54) is 4.88 Å². The molecule has 0 aliphatic carbocycles. The minimum Gasteiger partial charge on any atom is -0.410 e. The molecule has 1 saturated heterocycles. The lowest BCUT2D eigenvalue weighted by Gasteiger charge is -2.30. The van der Waals surface area contributed by atoms with E-state index in [0.717, 1.165) is 30.4 Å². The SMILES string of the molecule is O=C(Oc1ccccc1)N1CCC(c2cc(Br)cs2)CC1. The van der Waals surface area contributed by atoms with Gasteiger partial charge in [0, 0.05) is 27.8 Å². The van der Waals surface area contributed by atoms with Crippen LogP contribution in [0.15, 0.2) is 46.3 Å². The Hall–Kier alpha value is -1.33. The molecule has 1 aliphatic heterocycles. The molecule has 21 heavy (non-hydrogen) atoms. The zero-order valence-electron chi connectivity index (χ0n) is 11.5. The number of benzene rings is 1. The number of piperidine rings is 1. The summed E-state index contributed by atoms with van der Waals surface area (Å²) in [4.78, 5) is 15.3. The van der Waals surface area contributed by atoms with Crippen molar-refractivity contribution < 1.29 is 9.53 Å². The fraction of sp³-hybridized carbons (Fsp3) is 0.312. The van der Waals surface area contributed by atoms with Gasteiger partial charge in [0.25, 0.3) is 0 Å². The second kappa shape index (κ2) is 6.62. The molecule has 1 aliphatic rings. The summed E-state index contributed by atoms with van der Waals surface area (Å²) in [5, 5.41) is 2.12. The van der Waals surface area contributed by atoms with Gasteiger partial charge in [0.15, 0.2) is 0 Å². The largest absolute Gasteiger partial charge is 0.415 e. The minimum atomic E-state index is -0.244. The molecule has 2 heterocycles. The van der Waals surface area contributed by atoms with Crippen LogP contribution in [0, 0.1) is 0 Å². The third-order valence-corrected chi connectivity index (χ3v) is 5.55. The number of carbonyl (C=O) groups is 1. The number of para-hydroxylation sites is 1. The Kier molecular flexibility index (Phi) is 4.60. The first-order valence-corrected chi connectivity index (χ1v) is 8.65. The van der Waals surface area contributed by atoms with Crippen LogP contribution in [0.5, 0.6) is 5.75 Å². The van der Waals surface area contributed by atoms with Crippen LogP contribution in [0.3, 0.4) is 0 Å². The highest BCUT2D eigenvalue weighted by atomic mass is 79.9. The molecule has 110 valence electrons. The zero-order chi connectivity index (χ0) is 14.7. The monoisotopic (exact) mass is 365 g/mol. The number of hydrogen-bond acceptors (Lipinski definition) is 3. The molecular formula is C16H16BrNO2S. The molecule has 2 aromatic rings. The molecule has 0 saturated carbocycles. The van der Waals surface area contributed by atoms with Gasteiger partial charge in [-0.25, -0.2) is 4.79 Å². The Morgan fingerprint density at radius 2 is 1.95 bits per heavy atom. The number of thiophene rings is 1. The lowest BCUT2D eigenvalue weighted by molar-refractivity contribution is 0.139. The summed E-state index contributed by atoms with van der Waals surface area (Å²) in [5.74, 6) is 1.16. The molecule has 1 fully saturated rings. The first-order chi connectivity index (χ1) is 10.2. The van der Waals surface area contributed by atoms with Gasteiger partial charge in [-0.2, -0.15) is 0 Å². The van der Waals surface area contributed by atoms with Gasteiger partial charge in [-0.3, -0.25) is 0 Å². The van der Waals surface area contributed by atoms with E-state index >= 15 is 0 Å². The summed E-state index contributed by atoms with van der Waals surface area (Å²) >= 11 is 5.28. The van der Waals surface area contributed by atoms with E-state index in [-0.39, 0.29) is 6.09 Å². The Morgan fingerprint density at radius 3 is 2.57 bits per heavy atom. The molecule has 0 N–H and O–H groups in total. The van der Waals surface area contributed by atoms with E-state index in [9.17, 15) is 4.79 Å². The summed E-state index contributed by atoms with van der Waals surface area (Å²) in [5.41, 5.74) is 0. The van der Waals surface area contributed by atoms with Crippen molar-refractivity contribution in [2.45, 2.75) is 18.8 Å². The average molecular weight is 366 g/mol. The quantitative estimate of drug-likeness (QED) is 0.758. The molecule has 1 aromatic carbocycles. The van der Waals surface area contributed by atoms with Gasteiger partial charge in [0.1, 0.15) is 5.75 Å². The van der Waals surface area contributed by atoms with Crippen molar-refractivity contribution in [3.63, 3.8) is 0 Å². The lowest BCUT2D eigenvalue weighted by Crippen LogP contribution is -2.39. The molecule has 1 amide bonds. The summed E-state index contributed by atoms with van der Waals surface area (Å²) in [6, 6.07) is 11.4. The van der Waals surface area contributed by atoms with Crippen molar-refractivity contribution in [3.8, 4) is 5.75 Å². The maximum atomic E-state index is 12.1. The van der Waals surface area contributed by atoms with Crippen LogP contribution < -0.4 is 4.74 Å². The number of ether oxygens (including phenoxy) is 1. The van der Waals surface area contributed by atoms with Crippen molar-refractivity contribution in [2.75, 3.05) is 13.1 Å². The van der Waals surface area contributed by atoms with Crippen LogP contribution >= 0.6 is 27.3 Å². The summed E-state index contributed by atoms with van der Waals surface area (Å²) < 4.78 is 6.53. The number of rotatable bonds is 2. The van der Waals surface area contributed by atoms with Gasteiger partial charge in [0.2, 0.25) is 0 Å². The average Bonchev–Trinajstić information content (AvgIpc) is 2.95. The van der Waals surface area contributed by atoms with Gasteiger partial charge in [-0.1, -0.05) is 18.2 Å². The predicted octanol–water partition coefficient (Wildman–Crippen LogP) is 4.89. The standard InChI is InChI=1S/C16H16BrNO2S/c17-13-10-15(21-11-13)12-6-8-18(9-7-12)16(19)20-14-4-2-1-3-5-14/h1-5,10-12H,6-9H2. The molecule has 0 spiro atoms. The molecular weight excluding hydrogens is 350 g/mol. The molecule has 1 aromatic heterocycles. The number of carbonyl (C=O) groups excluding carboxylic acids is 1. The highest BCUT2D eigenvalue weighted by molar-refractivity contribution is 9.10. The number of amides is 1. The van der Waals surface area contributed by atoms with Crippen molar-refractivity contribution in [1.29, 1.82) is 0 Å². The van der Waals surface area contributed by atoms with E-state index in [1.54, 1.807) is 28.4 Å². The molecule has 0 bridgehead atoms. The zero-order valence-corrected chi connectivity index (χ0v) is 13.9. The first-order valence-electron chi connectivity index (χ1n) is 6.98. The van der Waals surface area contributed by atoms with Crippen LogP contribution in [0.1, 0.15) is 23.6 Å². The minimum absolute atomic E-state index is 0.244. The molecule has 0 atom stereocenters. The van der Waals surface area contributed by atoms with E-state index in [4.69, 9.17) is 4.74 Å². The second-order valence-corrected chi connectivity index (χ2v) is 6.97. The van der Waals surface area contributed by atoms with Crippen LogP contribution in [-0.4, -0.2) is 24.1 Å². The number of hydrogen-bond donors (Lipinski definition) is 0. The van der Waals surface area contributed by atoms with Gasteiger partial charge < -0.3 is 9.64 Å². The Bertz CT molecular complexity index is 606. The van der Waals surface area contributed by atoms with Crippen molar-refractivity contribution >= 4 is 33.4 Å². The highest BCUT2D eigenvalue weighted by Gasteiger charge is 2.25. The Labute approximate surface area is 136 Å². The second-order valence-electron chi connectivity index (χ2n) is 5.11. The van der Waals surface area contributed by atoms with Crippen molar-refractivity contribution in [2.24, 2.45) is 0 Å². The molecule has 3 nitrogen and oxygen atoms in total. The van der Waals surface area contributed by atoms with E-state index in [0.29, 0.717) is 11.7 Å². The summed E-state index contributed by atoms with van der Waals surface area (Å²) in [6.45, 7) is 1.51. The van der Waals surface area contributed by atoms with Gasteiger partial charge in [0.05, 0.1) is 0 Å². The van der Waals surface area contributed by atoms with Crippen LogP contribution in [-0.2, 0) is 0 Å². The molecule has 0 unspecified atom stereocenters. The van der Waals surface area contributed by atoms with E-state index in [1.807, 2.05) is 18.2 Å². The van der Waals surface area contributed by atoms with Crippen LogP contribution in [0.25, 0.3) is 0 Å². The predicted molar refractivity (Wildman–Crippen MR) is 88.0 cm³/mol. The topological polar surface area (TPSA) is 29.5 Å². The fourth-order valence-corrected chi connectivity index (χ4v) is 4.16. The third kappa shape index (κ3) is 3.66. The van der Waals surface area contributed by atoms with Crippen molar-refractivity contribution in [3.05, 3.63) is 51.1 Å². The maximum absolute atomic E-state index is 12.1. The Balaban J connectivity index is 1.54. The Morgan fingerprint density at radius 1 is 1.24 bits per heavy atom. The van der Waals surface area contributed by atoms with Gasteiger partial charge >= 0.3 is 6.09 Å². The molecule has 3 rings (SSSR count). The third-order valence-electron chi connectivity index (χ3n) is 3.69. The van der Waals surface area contributed by atoms with Crippen LogP contribution in [0.4, 0.5) is 4.79 Å². The number of halogens is 1. The van der Waals surface area contributed by atoms with Crippen molar-refractivity contribution in [1.82, 2.24) is 4.90 Å². The normalized spacial score (nSPS) is 16.0. The smallest absolute Gasteiger partial charge is 0.410 e. The van der Waals surface area contributed by atoms with Crippen LogP contribution in [0.2, 0.25) is 0 Å². The van der Waals surface area contributed by atoms with Gasteiger partial charge in [-0.05, 0) is 52.9 Å². The summed E-state index contributed by atoms with van der Waals surface area (Å²) in [7, 11) is 0. The maximum Gasteiger partial charge on any atom is 0.415 e. The fourth-order valence-electron chi connectivity index (χ4n) is 2.54.